The lowest BCUT2D eigenvalue weighted by atomic mass is 10.0. The zero-order chi connectivity index (χ0) is 14.0. The van der Waals surface area contributed by atoms with Crippen LogP contribution in [0.25, 0.3) is 0 Å². The molecule has 19 heavy (non-hydrogen) atoms. The monoisotopic (exact) mass is 340 g/mol. The molecule has 2 rings (SSSR count). The average Bonchev–Trinajstić information content (AvgIpc) is 2.37. The van der Waals surface area contributed by atoms with Crippen molar-refractivity contribution in [2.24, 2.45) is 0 Å². The molecule has 0 amide bonds. The largest absolute Gasteiger partial charge is 0.497 e. The van der Waals surface area contributed by atoms with E-state index in [-0.39, 0.29) is 0 Å². The van der Waals surface area contributed by atoms with Crippen molar-refractivity contribution >= 4 is 27.5 Å². The Morgan fingerprint density at radius 1 is 1.16 bits per heavy atom. The average molecular weight is 342 g/mol. The van der Waals surface area contributed by atoms with Crippen LogP contribution < -0.4 is 4.74 Å². The van der Waals surface area contributed by atoms with Crippen molar-refractivity contribution in [3.8, 4) is 5.75 Å². The molecule has 0 fully saturated rings. The van der Waals surface area contributed by atoms with Crippen LogP contribution in [0.3, 0.4) is 0 Å². The summed E-state index contributed by atoms with van der Waals surface area (Å²) in [7, 11) is 1.61. The van der Waals surface area contributed by atoms with Gasteiger partial charge in [0.2, 0.25) is 0 Å². The Morgan fingerprint density at radius 2 is 1.84 bits per heavy atom. The van der Waals surface area contributed by atoms with E-state index in [4.69, 9.17) is 16.3 Å². The van der Waals surface area contributed by atoms with E-state index in [1.54, 1.807) is 7.11 Å². The summed E-state index contributed by atoms with van der Waals surface area (Å²) in [5.41, 5.74) is 2.51. The molecule has 0 radical (unpaired) electrons. The maximum Gasteiger partial charge on any atom is 0.120 e. The van der Waals surface area contributed by atoms with Crippen LogP contribution in [0.4, 0.5) is 0 Å². The minimum absolute atomic E-state index is 0.565. The zero-order valence-electron chi connectivity index (χ0n) is 10.7. The van der Waals surface area contributed by atoms with Crippen molar-refractivity contribution in [2.75, 3.05) is 7.11 Å². The highest BCUT2D eigenvalue weighted by Crippen LogP contribution is 2.34. The van der Waals surface area contributed by atoms with Crippen molar-refractivity contribution < 1.29 is 9.84 Å². The summed E-state index contributed by atoms with van der Waals surface area (Å²) in [6, 6.07) is 11.1. The van der Waals surface area contributed by atoms with Gasteiger partial charge in [-0.1, -0.05) is 45.7 Å². The lowest BCUT2D eigenvalue weighted by Crippen LogP contribution is -2.02. The Kier molecular flexibility index (Phi) is 4.50. The van der Waals surface area contributed by atoms with Gasteiger partial charge in [0, 0.05) is 15.1 Å². The van der Waals surface area contributed by atoms with E-state index in [9.17, 15) is 5.11 Å². The van der Waals surface area contributed by atoms with E-state index in [1.807, 2.05) is 43.3 Å². The van der Waals surface area contributed by atoms with E-state index < -0.39 is 6.10 Å². The fourth-order valence-corrected chi connectivity index (χ4v) is 2.79. The Morgan fingerprint density at radius 3 is 2.42 bits per heavy atom. The van der Waals surface area contributed by atoms with Gasteiger partial charge in [-0.05, 0) is 36.2 Å². The normalized spacial score (nSPS) is 12.3. The summed E-state index contributed by atoms with van der Waals surface area (Å²) < 4.78 is 5.93. The van der Waals surface area contributed by atoms with Crippen molar-refractivity contribution in [2.45, 2.75) is 13.0 Å². The van der Waals surface area contributed by atoms with Crippen LogP contribution in [-0.4, -0.2) is 12.2 Å². The van der Waals surface area contributed by atoms with Gasteiger partial charge in [0.05, 0.1) is 7.11 Å². The van der Waals surface area contributed by atoms with Gasteiger partial charge in [-0.25, -0.2) is 0 Å². The van der Waals surface area contributed by atoms with Crippen LogP contribution in [0, 0.1) is 6.92 Å². The van der Waals surface area contributed by atoms with Crippen molar-refractivity contribution in [3.05, 3.63) is 62.6 Å². The van der Waals surface area contributed by atoms with Crippen LogP contribution >= 0.6 is 27.5 Å². The molecule has 0 heterocycles. The van der Waals surface area contributed by atoms with Crippen LogP contribution in [-0.2, 0) is 0 Å². The first-order chi connectivity index (χ1) is 9.02. The molecule has 0 aliphatic carbocycles. The molecule has 0 spiro atoms. The molecule has 0 saturated heterocycles. The molecule has 2 aromatic rings. The molecule has 0 saturated carbocycles. The number of halogens is 2. The minimum Gasteiger partial charge on any atom is -0.497 e. The second kappa shape index (κ2) is 5.95. The number of aryl methyl sites for hydroxylation is 1. The van der Waals surface area contributed by atoms with Gasteiger partial charge < -0.3 is 9.84 Å². The smallest absolute Gasteiger partial charge is 0.120 e. The zero-order valence-corrected chi connectivity index (χ0v) is 13.0. The second-order valence-corrected chi connectivity index (χ2v) is 5.58. The predicted molar refractivity (Wildman–Crippen MR) is 80.9 cm³/mol. The van der Waals surface area contributed by atoms with E-state index in [0.29, 0.717) is 10.6 Å². The molecule has 0 aliphatic rings. The first-order valence-electron chi connectivity index (χ1n) is 5.80. The van der Waals surface area contributed by atoms with Crippen LogP contribution in [0.2, 0.25) is 5.02 Å². The number of rotatable bonds is 3. The number of hydrogen-bond acceptors (Lipinski definition) is 2. The van der Waals surface area contributed by atoms with Gasteiger partial charge >= 0.3 is 0 Å². The second-order valence-electron chi connectivity index (χ2n) is 4.31. The number of ether oxygens (including phenoxy) is 1. The molecule has 1 N–H and O–H groups in total. The number of aliphatic hydroxyl groups is 1. The van der Waals surface area contributed by atoms with Crippen LogP contribution in [0.15, 0.2) is 40.9 Å². The highest BCUT2D eigenvalue weighted by Gasteiger charge is 2.17. The summed E-state index contributed by atoms with van der Waals surface area (Å²) >= 11 is 9.63. The van der Waals surface area contributed by atoms with Crippen molar-refractivity contribution in [3.63, 3.8) is 0 Å². The van der Waals surface area contributed by atoms with Crippen LogP contribution in [0.5, 0.6) is 5.75 Å². The van der Waals surface area contributed by atoms with Crippen molar-refractivity contribution in [1.29, 1.82) is 0 Å². The number of hydrogen-bond donors (Lipinski definition) is 1. The first-order valence-corrected chi connectivity index (χ1v) is 6.97. The quantitative estimate of drug-likeness (QED) is 0.890. The number of benzene rings is 2. The van der Waals surface area contributed by atoms with E-state index in [2.05, 4.69) is 15.9 Å². The van der Waals surface area contributed by atoms with Gasteiger partial charge in [-0.15, -0.1) is 0 Å². The molecule has 1 unspecified atom stereocenters. The summed E-state index contributed by atoms with van der Waals surface area (Å²) in [5.74, 6) is 0.734. The molecule has 2 nitrogen and oxygen atoms in total. The number of methoxy groups -OCH3 is 1. The van der Waals surface area contributed by atoms with Gasteiger partial charge in [0.15, 0.2) is 0 Å². The standard InChI is InChI=1S/C15H14BrClO2/c1-9-3-5-12(14(17)7-9)15(18)11-6-4-10(19-2)8-13(11)16/h3-8,15,18H,1-2H3. The topological polar surface area (TPSA) is 29.5 Å². The van der Waals surface area contributed by atoms with Crippen molar-refractivity contribution in [1.82, 2.24) is 0 Å². The Hall–Kier alpha value is -1.03. The summed E-state index contributed by atoms with van der Waals surface area (Å²) in [5, 5.41) is 11.0. The SMILES string of the molecule is COc1ccc(C(O)c2ccc(C)cc2Cl)c(Br)c1. The molecule has 0 bridgehead atoms. The number of aliphatic hydroxyl groups excluding tert-OH is 1. The third-order valence-corrected chi connectivity index (χ3v) is 3.97. The summed E-state index contributed by atoms with van der Waals surface area (Å²) in [6.45, 7) is 1.96. The maximum atomic E-state index is 10.5. The van der Waals surface area contributed by atoms with E-state index in [0.717, 1.165) is 21.3 Å². The molecule has 4 heteroatoms. The van der Waals surface area contributed by atoms with Crippen LogP contribution in [0.1, 0.15) is 22.8 Å². The van der Waals surface area contributed by atoms with E-state index >= 15 is 0 Å². The van der Waals surface area contributed by atoms with Gasteiger partial charge in [0.25, 0.3) is 0 Å². The fourth-order valence-electron chi connectivity index (χ4n) is 1.88. The van der Waals surface area contributed by atoms with Gasteiger partial charge in [-0.3, -0.25) is 0 Å². The molecule has 0 aromatic heterocycles. The van der Waals surface area contributed by atoms with Gasteiger partial charge in [0.1, 0.15) is 11.9 Å². The molecular formula is C15H14BrClO2. The Bertz CT molecular complexity index is 599. The third kappa shape index (κ3) is 3.11. The minimum atomic E-state index is -0.770. The molecular weight excluding hydrogens is 328 g/mol. The third-order valence-electron chi connectivity index (χ3n) is 2.95. The fraction of sp³-hybridized carbons (Fsp3) is 0.200. The lowest BCUT2D eigenvalue weighted by molar-refractivity contribution is 0.219. The molecule has 0 aliphatic heterocycles. The molecule has 2 aromatic carbocycles. The highest BCUT2D eigenvalue weighted by molar-refractivity contribution is 9.10. The summed E-state index contributed by atoms with van der Waals surface area (Å²) in [4.78, 5) is 0. The Balaban J connectivity index is 2.41. The maximum absolute atomic E-state index is 10.5. The molecule has 100 valence electrons. The Labute approximate surface area is 126 Å². The lowest BCUT2D eigenvalue weighted by Gasteiger charge is -2.16. The predicted octanol–water partition coefficient (Wildman–Crippen LogP) is 4.50. The van der Waals surface area contributed by atoms with Gasteiger partial charge in [-0.2, -0.15) is 0 Å². The van der Waals surface area contributed by atoms with E-state index in [1.165, 1.54) is 0 Å². The highest BCUT2D eigenvalue weighted by atomic mass is 79.9. The first kappa shape index (κ1) is 14.4. The summed E-state index contributed by atoms with van der Waals surface area (Å²) in [6.07, 6.45) is -0.770. The molecule has 1 atom stereocenters.